The number of hydrogen-bond donors (Lipinski definition) is 1. The maximum absolute atomic E-state index is 14.2. The second-order valence-corrected chi connectivity index (χ2v) is 4.55. The minimum Gasteiger partial charge on any atom is -0.494 e. The van der Waals surface area contributed by atoms with E-state index in [-0.39, 0.29) is 11.6 Å². The first-order valence-corrected chi connectivity index (χ1v) is 6.21. The van der Waals surface area contributed by atoms with Crippen molar-refractivity contribution in [2.24, 2.45) is 0 Å². The molecule has 102 valence electrons. The summed E-state index contributed by atoms with van der Waals surface area (Å²) in [6, 6.07) is 10.6. The number of fused-ring (bicyclic) bond motifs is 1. The zero-order chi connectivity index (χ0) is 14.1. The summed E-state index contributed by atoms with van der Waals surface area (Å²) in [6.45, 7) is 0.329. The zero-order valence-electron chi connectivity index (χ0n) is 11.0. The molecule has 20 heavy (non-hydrogen) atoms. The molecule has 5 heteroatoms. The molecular weight excluding hydrogens is 257 g/mol. The molecule has 0 saturated heterocycles. The third kappa shape index (κ3) is 2.07. The maximum atomic E-state index is 14.2. The van der Waals surface area contributed by atoms with E-state index in [4.69, 9.17) is 10.5 Å². The highest BCUT2D eigenvalue weighted by atomic mass is 19.1. The molecule has 3 rings (SSSR count). The molecule has 0 aliphatic heterocycles. The Labute approximate surface area is 115 Å². The van der Waals surface area contributed by atoms with E-state index in [0.717, 1.165) is 10.9 Å². The van der Waals surface area contributed by atoms with Crippen LogP contribution in [-0.2, 0) is 6.54 Å². The summed E-state index contributed by atoms with van der Waals surface area (Å²) in [5.41, 5.74) is 7.85. The summed E-state index contributed by atoms with van der Waals surface area (Å²) < 4.78 is 20.9. The fraction of sp³-hybridized carbons (Fsp3) is 0.133. The van der Waals surface area contributed by atoms with Crippen LogP contribution in [0, 0.1) is 5.82 Å². The lowest BCUT2D eigenvalue weighted by Crippen LogP contribution is -2.04. The molecule has 0 unspecified atom stereocenters. The van der Waals surface area contributed by atoms with Crippen LogP contribution in [-0.4, -0.2) is 16.9 Å². The lowest BCUT2D eigenvalue weighted by atomic mass is 10.2. The number of aromatic nitrogens is 2. The van der Waals surface area contributed by atoms with Crippen LogP contribution in [0.3, 0.4) is 0 Å². The molecular formula is C15H14FN3O. The second-order valence-electron chi connectivity index (χ2n) is 4.55. The molecule has 0 aliphatic carbocycles. The van der Waals surface area contributed by atoms with Gasteiger partial charge in [-0.25, -0.2) is 4.39 Å². The molecule has 0 spiro atoms. The number of anilines is 1. The molecule has 4 nitrogen and oxygen atoms in total. The third-order valence-electron chi connectivity index (χ3n) is 3.25. The van der Waals surface area contributed by atoms with E-state index in [1.165, 1.54) is 7.11 Å². The molecule has 0 amide bonds. The van der Waals surface area contributed by atoms with E-state index < -0.39 is 0 Å². The molecule has 0 fully saturated rings. The lowest BCUT2D eigenvalue weighted by molar-refractivity contribution is 0.383. The van der Waals surface area contributed by atoms with Crippen molar-refractivity contribution in [2.45, 2.75) is 6.54 Å². The number of rotatable bonds is 3. The number of halogens is 1. The molecule has 0 saturated carbocycles. The van der Waals surface area contributed by atoms with E-state index in [1.807, 2.05) is 18.2 Å². The highest BCUT2D eigenvalue weighted by Crippen LogP contribution is 2.23. The van der Waals surface area contributed by atoms with E-state index in [1.54, 1.807) is 29.1 Å². The van der Waals surface area contributed by atoms with E-state index >= 15 is 0 Å². The Morgan fingerprint density at radius 2 is 2.15 bits per heavy atom. The van der Waals surface area contributed by atoms with Crippen molar-refractivity contribution >= 4 is 16.6 Å². The van der Waals surface area contributed by atoms with Crippen LogP contribution in [0.5, 0.6) is 5.75 Å². The van der Waals surface area contributed by atoms with Crippen molar-refractivity contribution in [1.29, 1.82) is 0 Å². The van der Waals surface area contributed by atoms with Crippen LogP contribution in [0.15, 0.2) is 42.6 Å². The Kier molecular flexibility index (Phi) is 3.02. The minimum atomic E-state index is -0.359. The molecule has 0 radical (unpaired) electrons. The number of nitrogens with two attached hydrogens (primary N) is 1. The van der Waals surface area contributed by atoms with Gasteiger partial charge in [0.25, 0.3) is 0 Å². The summed E-state index contributed by atoms with van der Waals surface area (Å²) in [7, 11) is 1.45. The standard InChI is InChI=1S/C15H14FN3O/c1-20-14-4-2-3-11(15(14)16)9-19-13-7-12(17)6-5-10(13)8-18-19/h2-8H,9,17H2,1H3. The first-order valence-electron chi connectivity index (χ1n) is 6.21. The molecule has 3 aromatic rings. The molecule has 1 heterocycles. The van der Waals surface area contributed by atoms with Gasteiger partial charge in [-0.2, -0.15) is 5.10 Å². The Hall–Kier alpha value is -2.56. The third-order valence-corrected chi connectivity index (χ3v) is 3.25. The van der Waals surface area contributed by atoms with Crippen LogP contribution in [0.2, 0.25) is 0 Å². The summed E-state index contributed by atoms with van der Waals surface area (Å²) in [4.78, 5) is 0. The van der Waals surface area contributed by atoms with Crippen LogP contribution >= 0.6 is 0 Å². The number of hydrogen-bond acceptors (Lipinski definition) is 3. The minimum absolute atomic E-state index is 0.235. The summed E-state index contributed by atoms with van der Waals surface area (Å²) in [5.74, 6) is -0.124. The zero-order valence-corrected chi connectivity index (χ0v) is 11.0. The molecule has 0 bridgehead atoms. The molecule has 1 aromatic heterocycles. The van der Waals surface area contributed by atoms with Crippen LogP contribution in [0.25, 0.3) is 10.9 Å². The first-order chi connectivity index (χ1) is 9.69. The van der Waals surface area contributed by atoms with E-state index in [2.05, 4.69) is 5.10 Å². The smallest absolute Gasteiger partial charge is 0.170 e. The summed E-state index contributed by atoms with van der Waals surface area (Å²) in [6.07, 6.45) is 1.74. The quantitative estimate of drug-likeness (QED) is 0.745. The SMILES string of the molecule is COc1cccc(Cn2ncc3ccc(N)cc32)c1F. The molecule has 0 atom stereocenters. The van der Waals surface area contributed by atoms with Crippen LogP contribution in [0.1, 0.15) is 5.56 Å². The average molecular weight is 271 g/mol. The molecule has 2 aromatic carbocycles. The van der Waals surface area contributed by atoms with Crippen molar-refractivity contribution in [3.05, 3.63) is 54.0 Å². The number of nitrogens with zero attached hydrogens (tertiary/aromatic N) is 2. The fourth-order valence-corrected chi connectivity index (χ4v) is 2.21. The monoisotopic (exact) mass is 271 g/mol. The van der Waals surface area contributed by atoms with Gasteiger partial charge in [-0.15, -0.1) is 0 Å². The van der Waals surface area contributed by atoms with Gasteiger partial charge in [0.1, 0.15) is 0 Å². The number of benzene rings is 2. The number of methoxy groups -OCH3 is 1. The van der Waals surface area contributed by atoms with Gasteiger partial charge in [-0.3, -0.25) is 4.68 Å². The van der Waals surface area contributed by atoms with Crippen molar-refractivity contribution in [2.75, 3.05) is 12.8 Å². The van der Waals surface area contributed by atoms with Gasteiger partial charge in [0.15, 0.2) is 11.6 Å². The Bertz CT molecular complexity index is 767. The predicted molar refractivity (Wildman–Crippen MR) is 76.2 cm³/mol. The number of nitrogen functional groups attached to an aromatic ring is 1. The van der Waals surface area contributed by atoms with E-state index in [9.17, 15) is 4.39 Å². The predicted octanol–water partition coefficient (Wildman–Crippen LogP) is 2.81. The highest BCUT2D eigenvalue weighted by Gasteiger charge is 2.11. The van der Waals surface area contributed by atoms with Crippen molar-refractivity contribution in [1.82, 2.24) is 9.78 Å². The normalized spacial score (nSPS) is 10.9. The van der Waals surface area contributed by atoms with Crippen molar-refractivity contribution in [3.63, 3.8) is 0 Å². The van der Waals surface area contributed by atoms with E-state index in [0.29, 0.717) is 17.8 Å². The van der Waals surface area contributed by atoms with Gasteiger partial charge in [0, 0.05) is 16.6 Å². The second kappa shape index (κ2) is 4.85. The lowest BCUT2D eigenvalue weighted by Gasteiger charge is -2.08. The number of ether oxygens (including phenoxy) is 1. The maximum Gasteiger partial charge on any atom is 0.170 e. The molecule has 2 N–H and O–H groups in total. The van der Waals surface area contributed by atoms with Crippen molar-refractivity contribution in [3.8, 4) is 5.75 Å². The van der Waals surface area contributed by atoms with Crippen LogP contribution < -0.4 is 10.5 Å². The Morgan fingerprint density at radius 1 is 1.30 bits per heavy atom. The Balaban J connectivity index is 2.03. The Morgan fingerprint density at radius 3 is 2.95 bits per heavy atom. The highest BCUT2D eigenvalue weighted by molar-refractivity contribution is 5.81. The van der Waals surface area contributed by atoms with Gasteiger partial charge in [-0.1, -0.05) is 12.1 Å². The average Bonchev–Trinajstić information content (AvgIpc) is 2.83. The van der Waals surface area contributed by atoms with Gasteiger partial charge >= 0.3 is 0 Å². The van der Waals surface area contributed by atoms with Gasteiger partial charge in [-0.05, 0) is 24.3 Å². The summed E-state index contributed by atoms with van der Waals surface area (Å²) >= 11 is 0. The van der Waals surface area contributed by atoms with Crippen molar-refractivity contribution < 1.29 is 9.13 Å². The topological polar surface area (TPSA) is 53.1 Å². The van der Waals surface area contributed by atoms with Crippen LogP contribution in [0.4, 0.5) is 10.1 Å². The summed E-state index contributed by atoms with van der Waals surface area (Å²) in [5, 5.41) is 5.26. The largest absolute Gasteiger partial charge is 0.494 e. The van der Waals surface area contributed by atoms with Gasteiger partial charge in [0.05, 0.1) is 25.4 Å². The first kappa shape index (κ1) is 12.5. The van der Waals surface area contributed by atoms with Gasteiger partial charge < -0.3 is 10.5 Å². The van der Waals surface area contributed by atoms with Gasteiger partial charge in [0.2, 0.25) is 0 Å². The molecule has 0 aliphatic rings. The fourth-order valence-electron chi connectivity index (χ4n) is 2.21.